The maximum atomic E-state index is 10.7. The predicted molar refractivity (Wildman–Crippen MR) is 79.7 cm³/mol. The Labute approximate surface area is 122 Å². The first kappa shape index (κ1) is 21.0. The van der Waals surface area contributed by atoms with Gasteiger partial charge in [0.05, 0.1) is 0 Å². The summed E-state index contributed by atoms with van der Waals surface area (Å²) in [6.45, 7) is 6.55. The van der Waals surface area contributed by atoms with E-state index >= 15 is 0 Å². The minimum absolute atomic E-state index is 0.212. The highest BCUT2D eigenvalue weighted by molar-refractivity contribution is 6.36. The Morgan fingerprint density at radius 2 is 1.05 bits per heavy atom. The monoisotopic (exact) mass is 284 g/mol. The summed E-state index contributed by atoms with van der Waals surface area (Å²) in [7, 11) is 0. The highest BCUT2D eigenvalue weighted by atomic mass is 16.2. The Hall–Kier alpha value is -1.32. The first-order valence-electron chi connectivity index (χ1n) is 7.33. The fourth-order valence-corrected chi connectivity index (χ4v) is 1.46. The summed E-state index contributed by atoms with van der Waals surface area (Å²) < 4.78 is 0. The van der Waals surface area contributed by atoms with Crippen LogP contribution in [0.2, 0.25) is 0 Å². The Balaban J connectivity index is 0. The Morgan fingerprint density at radius 3 is 1.35 bits per heavy atom. The van der Waals surface area contributed by atoms with Gasteiger partial charge in [-0.05, 0) is 33.1 Å². The zero-order valence-corrected chi connectivity index (χ0v) is 13.3. The molecule has 20 heavy (non-hydrogen) atoms. The lowest BCUT2D eigenvalue weighted by atomic mass is 10.1. The molecule has 0 aromatic heterocycles. The summed E-state index contributed by atoms with van der Waals surface area (Å²) >= 11 is 0. The number of hydrogen-bond donors (Lipinski definition) is 0. The van der Waals surface area contributed by atoms with Crippen molar-refractivity contribution in [2.45, 2.75) is 79.1 Å². The minimum Gasteiger partial charge on any atom is -0.300 e. The van der Waals surface area contributed by atoms with Crippen LogP contribution >= 0.6 is 0 Å². The molecule has 0 atom stereocenters. The zero-order valence-electron chi connectivity index (χ0n) is 13.3. The van der Waals surface area contributed by atoms with Crippen molar-refractivity contribution in [3.8, 4) is 0 Å². The van der Waals surface area contributed by atoms with Crippen molar-refractivity contribution in [2.75, 3.05) is 0 Å². The van der Waals surface area contributed by atoms with Gasteiger partial charge in [0.15, 0.2) is 11.6 Å². The number of rotatable bonds is 10. The van der Waals surface area contributed by atoms with Crippen molar-refractivity contribution in [2.24, 2.45) is 0 Å². The molecule has 0 unspecified atom stereocenters. The Kier molecular flexibility index (Phi) is 14.8. The lowest BCUT2D eigenvalue weighted by Crippen LogP contribution is -2.08. The van der Waals surface area contributed by atoms with E-state index in [9.17, 15) is 19.2 Å². The second-order valence-electron chi connectivity index (χ2n) is 5.05. The van der Waals surface area contributed by atoms with Gasteiger partial charge in [0.25, 0.3) is 0 Å². The van der Waals surface area contributed by atoms with Crippen LogP contribution in [0.25, 0.3) is 0 Å². The van der Waals surface area contributed by atoms with E-state index in [1.165, 1.54) is 6.92 Å². The largest absolute Gasteiger partial charge is 0.300 e. The molecule has 0 fully saturated rings. The summed E-state index contributed by atoms with van der Waals surface area (Å²) in [4.78, 5) is 41.9. The smallest absolute Gasteiger partial charge is 0.198 e. The summed E-state index contributed by atoms with van der Waals surface area (Å²) in [5, 5.41) is 0. The first-order chi connectivity index (χ1) is 9.31. The lowest BCUT2D eigenvalue weighted by molar-refractivity contribution is -0.135. The molecule has 0 heterocycles. The molecule has 0 N–H and O–H groups in total. The second-order valence-corrected chi connectivity index (χ2v) is 5.05. The quantitative estimate of drug-likeness (QED) is 0.455. The molecule has 0 saturated carbocycles. The molecule has 0 amide bonds. The molecule has 0 bridgehead atoms. The van der Waals surface area contributed by atoms with Crippen LogP contribution in [0.3, 0.4) is 0 Å². The predicted octanol–water partition coefficient (Wildman–Crippen LogP) is 3.45. The van der Waals surface area contributed by atoms with E-state index in [0.717, 1.165) is 32.1 Å². The molecule has 116 valence electrons. The third-order valence-corrected chi connectivity index (χ3v) is 2.71. The molecule has 4 nitrogen and oxygen atoms in total. The van der Waals surface area contributed by atoms with E-state index in [0.29, 0.717) is 19.3 Å². The number of Topliss-reactive ketones (excluding diaryl/α,β-unsaturated/α-hetero) is 4. The number of ketones is 4. The van der Waals surface area contributed by atoms with Gasteiger partial charge in [0.2, 0.25) is 0 Å². The highest BCUT2D eigenvalue weighted by Gasteiger charge is 2.05. The van der Waals surface area contributed by atoms with Crippen LogP contribution in [0.4, 0.5) is 0 Å². The third kappa shape index (κ3) is 19.0. The van der Waals surface area contributed by atoms with Crippen LogP contribution in [0.5, 0.6) is 0 Å². The molecule has 0 rings (SSSR count). The molecule has 4 heteroatoms. The van der Waals surface area contributed by atoms with Gasteiger partial charge in [-0.25, -0.2) is 0 Å². The molecular weight excluding hydrogens is 256 g/mol. The number of carbonyl (C=O) groups is 4. The molecule has 0 aliphatic heterocycles. The van der Waals surface area contributed by atoms with E-state index in [1.807, 2.05) is 0 Å². The first-order valence-corrected chi connectivity index (χ1v) is 7.33. The van der Waals surface area contributed by atoms with Crippen LogP contribution in [-0.2, 0) is 19.2 Å². The van der Waals surface area contributed by atoms with Gasteiger partial charge in [0.1, 0.15) is 11.6 Å². The van der Waals surface area contributed by atoms with E-state index < -0.39 is 0 Å². The normalized spacial score (nSPS) is 9.40. The zero-order chi connectivity index (χ0) is 16.0. The van der Waals surface area contributed by atoms with Crippen LogP contribution in [0.15, 0.2) is 0 Å². The van der Waals surface area contributed by atoms with Gasteiger partial charge >= 0.3 is 0 Å². The highest BCUT2D eigenvalue weighted by Crippen LogP contribution is 2.00. The molecule has 0 aromatic rings. The Morgan fingerprint density at radius 1 is 0.650 bits per heavy atom. The van der Waals surface area contributed by atoms with E-state index in [1.54, 1.807) is 13.8 Å². The van der Waals surface area contributed by atoms with Gasteiger partial charge in [-0.15, -0.1) is 0 Å². The summed E-state index contributed by atoms with van der Waals surface area (Å²) in [6, 6.07) is 0. The van der Waals surface area contributed by atoms with E-state index in [4.69, 9.17) is 0 Å². The van der Waals surface area contributed by atoms with Crippen LogP contribution in [-0.4, -0.2) is 23.1 Å². The minimum atomic E-state index is -0.309. The van der Waals surface area contributed by atoms with Crippen LogP contribution < -0.4 is 0 Å². The lowest BCUT2D eigenvalue weighted by Gasteiger charge is -1.93. The van der Waals surface area contributed by atoms with Gasteiger partial charge < -0.3 is 9.59 Å². The molecule has 0 spiro atoms. The van der Waals surface area contributed by atoms with E-state index in [2.05, 4.69) is 6.92 Å². The van der Waals surface area contributed by atoms with Crippen molar-refractivity contribution in [1.82, 2.24) is 0 Å². The number of hydrogen-bond acceptors (Lipinski definition) is 4. The fourth-order valence-electron chi connectivity index (χ4n) is 1.46. The molecule has 0 radical (unpaired) electrons. The summed E-state index contributed by atoms with van der Waals surface area (Å²) in [6.07, 6.45) is 6.37. The summed E-state index contributed by atoms with van der Waals surface area (Å²) in [5.74, 6) is -0.114. The second kappa shape index (κ2) is 14.1. The maximum absolute atomic E-state index is 10.7. The van der Waals surface area contributed by atoms with Gasteiger partial charge in [0, 0.05) is 26.2 Å². The average Bonchev–Trinajstić information content (AvgIpc) is 2.35. The number of carbonyl (C=O) groups excluding carboxylic acids is 4. The van der Waals surface area contributed by atoms with Crippen molar-refractivity contribution in [3.05, 3.63) is 0 Å². The van der Waals surface area contributed by atoms with Gasteiger partial charge in [-0.2, -0.15) is 0 Å². The number of unbranched alkanes of at least 4 members (excludes halogenated alkanes) is 3. The van der Waals surface area contributed by atoms with Crippen molar-refractivity contribution in [3.63, 3.8) is 0 Å². The van der Waals surface area contributed by atoms with Crippen molar-refractivity contribution < 1.29 is 19.2 Å². The van der Waals surface area contributed by atoms with Crippen molar-refractivity contribution >= 4 is 23.1 Å². The van der Waals surface area contributed by atoms with Crippen molar-refractivity contribution in [1.29, 1.82) is 0 Å². The average molecular weight is 284 g/mol. The molecule has 0 aliphatic carbocycles. The van der Waals surface area contributed by atoms with Crippen LogP contribution in [0, 0.1) is 0 Å². The topological polar surface area (TPSA) is 68.3 Å². The Bertz CT molecular complexity index is 302. The van der Waals surface area contributed by atoms with Gasteiger partial charge in [-0.3, -0.25) is 9.59 Å². The summed E-state index contributed by atoms with van der Waals surface area (Å²) in [5.41, 5.74) is 0. The van der Waals surface area contributed by atoms with E-state index in [-0.39, 0.29) is 23.1 Å². The fraction of sp³-hybridized carbons (Fsp3) is 0.750. The van der Waals surface area contributed by atoms with Crippen LogP contribution in [0.1, 0.15) is 79.1 Å². The molecule has 0 saturated heterocycles. The van der Waals surface area contributed by atoms with Gasteiger partial charge in [-0.1, -0.05) is 19.8 Å². The maximum Gasteiger partial charge on any atom is 0.198 e. The molecular formula is C16H28O4. The third-order valence-electron chi connectivity index (χ3n) is 2.71. The SMILES string of the molecule is CC(=O)CCCCC(C)=O.CCCCCC(=O)C(C)=O. The standard InChI is InChI=1S/2C8H14O2/c1-7(9)5-3-4-6-8(2)10;1-3-4-5-6-8(10)7(2)9/h2*3-6H2,1-2H3. The molecule has 0 aromatic carbocycles. The molecule has 0 aliphatic rings.